The van der Waals surface area contributed by atoms with Gasteiger partial charge in [-0.3, -0.25) is 9.59 Å². The van der Waals surface area contributed by atoms with Gasteiger partial charge in [0.15, 0.2) is 0 Å². The highest BCUT2D eigenvalue weighted by Gasteiger charge is 2.20. The highest BCUT2D eigenvalue weighted by atomic mass is 16.4. The maximum Gasteiger partial charge on any atom is 0.321 e. The van der Waals surface area contributed by atoms with E-state index in [2.05, 4.69) is 10.6 Å². The van der Waals surface area contributed by atoms with Crippen molar-refractivity contribution in [3.63, 3.8) is 0 Å². The summed E-state index contributed by atoms with van der Waals surface area (Å²) in [5.74, 6) is -1.44. The predicted octanol–water partition coefficient (Wildman–Crippen LogP) is 0.749. The molecule has 0 saturated carbocycles. The standard InChI is InChI=1S/C14H20N2O4/c1-10-4-2-5-11(8-10)16-13(18)9-12(14(19)20)15-6-3-7-17/h2,4-5,8,12,15,17H,3,6-7,9H2,1H3,(H,16,18)(H,19,20). The maximum absolute atomic E-state index is 11.8. The van der Waals surface area contributed by atoms with Crippen LogP contribution in [0.4, 0.5) is 5.69 Å². The highest BCUT2D eigenvalue weighted by Crippen LogP contribution is 2.10. The molecule has 1 aromatic carbocycles. The second-order valence-electron chi connectivity index (χ2n) is 4.54. The van der Waals surface area contributed by atoms with Crippen molar-refractivity contribution in [2.45, 2.75) is 25.8 Å². The molecular formula is C14H20N2O4. The monoisotopic (exact) mass is 280 g/mol. The summed E-state index contributed by atoms with van der Waals surface area (Å²) in [5, 5.41) is 23.1. The van der Waals surface area contributed by atoms with Crippen LogP contribution in [0.15, 0.2) is 24.3 Å². The molecule has 0 fully saturated rings. The summed E-state index contributed by atoms with van der Waals surface area (Å²) in [7, 11) is 0. The molecular weight excluding hydrogens is 260 g/mol. The minimum absolute atomic E-state index is 0.0190. The summed E-state index contributed by atoms with van der Waals surface area (Å²) in [6, 6.07) is 6.34. The Bertz CT molecular complexity index is 462. The first-order valence-electron chi connectivity index (χ1n) is 6.46. The van der Waals surface area contributed by atoms with Gasteiger partial charge in [-0.2, -0.15) is 0 Å². The lowest BCUT2D eigenvalue weighted by atomic mass is 10.1. The predicted molar refractivity (Wildman–Crippen MR) is 75.6 cm³/mol. The lowest BCUT2D eigenvalue weighted by Gasteiger charge is -2.14. The van der Waals surface area contributed by atoms with Gasteiger partial charge in [-0.1, -0.05) is 12.1 Å². The maximum atomic E-state index is 11.8. The molecule has 1 unspecified atom stereocenters. The van der Waals surface area contributed by atoms with E-state index in [-0.39, 0.29) is 18.9 Å². The van der Waals surface area contributed by atoms with E-state index < -0.39 is 12.0 Å². The van der Waals surface area contributed by atoms with Crippen LogP contribution in [-0.2, 0) is 9.59 Å². The first-order valence-corrected chi connectivity index (χ1v) is 6.46. The summed E-state index contributed by atoms with van der Waals surface area (Å²) in [6.07, 6.45) is 0.290. The van der Waals surface area contributed by atoms with Crippen molar-refractivity contribution in [1.29, 1.82) is 0 Å². The third-order valence-corrected chi connectivity index (χ3v) is 2.72. The zero-order chi connectivity index (χ0) is 15.0. The van der Waals surface area contributed by atoms with Gasteiger partial charge in [0.25, 0.3) is 0 Å². The van der Waals surface area contributed by atoms with Crippen molar-refractivity contribution in [3.05, 3.63) is 29.8 Å². The van der Waals surface area contributed by atoms with Crippen LogP contribution >= 0.6 is 0 Å². The lowest BCUT2D eigenvalue weighted by molar-refractivity contribution is -0.141. The molecule has 6 heteroatoms. The molecule has 1 aromatic rings. The van der Waals surface area contributed by atoms with Crippen LogP contribution in [0.25, 0.3) is 0 Å². The van der Waals surface area contributed by atoms with Gasteiger partial charge >= 0.3 is 5.97 Å². The molecule has 1 rings (SSSR count). The molecule has 1 amide bonds. The zero-order valence-corrected chi connectivity index (χ0v) is 11.4. The Morgan fingerprint density at radius 2 is 2.10 bits per heavy atom. The van der Waals surface area contributed by atoms with Gasteiger partial charge in [0.2, 0.25) is 5.91 Å². The third kappa shape index (κ3) is 5.81. The average molecular weight is 280 g/mol. The Kier molecular flexibility index (Phi) is 6.69. The fourth-order valence-electron chi connectivity index (χ4n) is 1.72. The summed E-state index contributed by atoms with van der Waals surface area (Å²) in [5.41, 5.74) is 1.66. The van der Waals surface area contributed by atoms with Crippen molar-refractivity contribution >= 4 is 17.6 Å². The molecule has 0 aliphatic carbocycles. The molecule has 0 aromatic heterocycles. The van der Waals surface area contributed by atoms with E-state index in [4.69, 9.17) is 10.2 Å². The molecule has 0 spiro atoms. The molecule has 1 atom stereocenters. The minimum Gasteiger partial charge on any atom is -0.480 e. The molecule has 0 aliphatic rings. The van der Waals surface area contributed by atoms with Crippen LogP contribution in [0.2, 0.25) is 0 Å². The summed E-state index contributed by atoms with van der Waals surface area (Å²) >= 11 is 0. The van der Waals surface area contributed by atoms with Crippen LogP contribution in [-0.4, -0.2) is 41.3 Å². The number of carbonyl (C=O) groups is 2. The fraction of sp³-hybridized carbons (Fsp3) is 0.429. The number of aliphatic hydroxyl groups is 1. The molecule has 0 bridgehead atoms. The molecule has 6 nitrogen and oxygen atoms in total. The van der Waals surface area contributed by atoms with Crippen molar-refractivity contribution in [2.75, 3.05) is 18.5 Å². The van der Waals surface area contributed by atoms with Crippen molar-refractivity contribution in [2.24, 2.45) is 0 Å². The number of benzene rings is 1. The van der Waals surface area contributed by atoms with E-state index in [1.54, 1.807) is 6.07 Å². The van der Waals surface area contributed by atoms with Gasteiger partial charge in [-0.15, -0.1) is 0 Å². The summed E-state index contributed by atoms with van der Waals surface area (Å²) in [6.45, 7) is 2.24. The summed E-state index contributed by atoms with van der Waals surface area (Å²) < 4.78 is 0. The van der Waals surface area contributed by atoms with Crippen molar-refractivity contribution in [3.8, 4) is 0 Å². The number of carboxylic acid groups (broad SMARTS) is 1. The van der Waals surface area contributed by atoms with Crippen molar-refractivity contribution in [1.82, 2.24) is 5.32 Å². The second-order valence-corrected chi connectivity index (χ2v) is 4.54. The average Bonchev–Trinajstić information content (AvgIpc) is 2.37. The van der Waals surface area contributed by atoms with Gasteiger partial charge < -0.3 is 20.8 Å². The Balaban J connectivity index is 2.51. The number of amides is 1. The van der Waals surface area contributed by atoms with E-state index in [0.717, 1.165) is 5.56 Å². The van der Waals surface area contributed by atoms with Gasteiger partial charge in [-0.05, 0) is 37.6 Å². The van der Waals surface area contributed by atoms with Gasteiger partial charge in [0, 0.05) is 12.3 Å². The molecule has 0 heterocycles. The number of aliphatic hydroxyl groups excluding tert-OH is 1. The van der Waals surface area contributed by atoms with E-state index in [9.17, 15) is 9.59 Å². The van der Waals surface area contributed by atoms with Gasteiger partial charge in [0.05, 0.1) is 6.42 Å². The quantitative estimate of drug-likeness (QED) is 0.527. The number of nitrogens with one attached hydrogen (secondary N) is 2. The number of carbonyl (C=O) groups excluding carboxylic acids is 1. The number of anilines is 1. The number of carboxylic acids is 1. The number of hydrogen-bond acceptors (Lipinski definition) is 4. The topological polar surface area (TPSA) is 98.7 Å². The highest BCUT2D eigenvalue weighted by molar-refractivity contribution is 5.94. The number of aliphatic carboxylic acids is 1. The molecule has 0 radical (unpaired) electrons. The van der Waals surface area contributed by atoms with Crippen LogP contribution in [0.3, 0.4) is 0 Å². The smallest absolute Gasteiger partial charge is 0.321 e. The SMILES string of the molecule is Cc1cccc(NC(=O)CC(NCCCO)C(=O)O)c1. The Morgan fingerprint density at radius 1 is 1.35 bits per heavy atom. The van der Waals surface area contributed by atoms with Crippen LogP contribution in [0, 0.1) is 6.92 Å². The lowest BCUT2D eigenvalue weighted by Crippen LogP contribution is -2.40. The summed E-state index contributed by atoms with van der Waals surface area (Å²) in [4.78, 5) is 22.8. The third-order valence-electron chi connectivity index (χ3n) is 2.72. The normalized spacial score (nSPS) is 11.9. The van der Waals surface area contributed by atoms with Crippen LogP contribution < -0.4 is 10.6 Å². The molecule has 0 aliphatic heterocycles. The molecule has 0 saturated heterocycles. The second kappa shape index (κ2) is 8.29. The van der Waals surface area contributed by atoms with E-state index in [1.165, 1.54) is 0 Å². The Hall–Kier alpha value is -1.92. The number of hydrogen-bond donors (Lipinski definition) is 4. The Morgan fingerprint density at radius 3 is 2.70 bits per heavy atom. The fourth-order valence-corrected chi connectivity index (χ4v) is 1.72. The number of rotatable bonds is 8. The van der Waals surface area contributed by atoms with Crippen LogP contribution in [0.1, 0.15) is 18.4 Å². The van der Waals surface area contributed by atoms with E-state index in [1.807, 2.05) is 25.1 Å². The van der Waals surface area contributed by atoms with Gasteiger partial charge in [0.1, 0.15) is 6.04 Å². The minimum atomic E-state index is -1.08. The largest absolute Gasteiger partial charge is 0.480 e. The van der Waals surface area contributed by atoms with Crippen molar-refractivity contribution < 1.29 is 19.8 Å². The zero-order valence-electron chi connectivity index (χ0n) is 11.4. The number of aryl methyl sites for hydroxylation is 1. The van der Waals surface area contributed by atoms with Gasteiger partial charge in [-0.25, -0.2) is 0 Å². The van der Waals surface area contributed by atoms with E-state index >= 15 is 0 Å². The first-order chi connectivity index (χ1) is 9.52. The van der Waals surface area contributed by atoms with Crippen LogP contribution in [0.5, 0.6) is 0 Å². The van der Waals surface area contributed by atoms with E-state index in [0.29, 0.717) is 18.7 Å². The first kappa shape index (κ1) is 16.1. The Labute approximate surface area is 117 Å². The molecule has 4 N–H and O–H groups in total. The molecule has 110 valence electrons. The molecule has 20 heavy (non-hydrogen) atoms.